The molecule has 0 fully saturated rings. The number of ether oxygens (including phenoxy) is 1. The molecule has 0 amide bonds. The molecule has 1 N–H and O–H groups in total. The third kappa shape index (κ3) is 5.20. The van der Waals surface area contributed by atoms with Crippen LogP contribution in [0.15, 0.2) is 57.8 Å². The minimum atomic E-state index is 0.130. The van der Waals surface area contributed by atoms with E-state index in [-0.39, 0.29) is 5.88 Å². The maximum absolute atomic E-state index is 10.5. The van der Waals surface area contributed by atoms with E-state index in [0.29, 0.717) is 30.2 Å². The zero-order chi connectivity index (χ0) is 19.9. The maximum Gasteiger partial charge on any atom is 0.271 e. The van der Waals surface area contributed by atoms with Crippen LogP contribution < -0.4 is 4.74 Å². The highest BCUT2D eigenvalue weighted by Gasteiger charge is 2.14. The molecule has 1 heterocycles. The van der Waals surface area contributed by atoms with Gasteiger partial charge in [0.25, 0.3) is 4.84 Å². The molecule has 0 saturated heterocycles. The molecular formula is C22H25NO3S2. The fourth-order valence-electron chi connectivity index (χ4n) is 3.04. The van der Waals surface area contributed by atoms with Crippen molar-refractivity contribution in [2.24, 2.45) is 0 Å². The van der Waals surface area contributed by atoms with E-state index in [1.807, 2.05) is 37.4 Å². The van der Waals surface area contributed by atoms with Gasteiger partial charge in [-0.05, 0) is 73.6 Å². The smallest absolute Gasteiger partial charge is 0.271 e. The van der Waals surface area contributed by atoms with Gasteiger partial charge >= 0.3 is 0 Å². The summed E-state index contributed by atoms with van der Waals surface area (Å²) >= 11 is 7.01. The number of hydrogen-bond acceptors (Lipinski definition) is 5. The normalized spacial score (nSPS) is 10.9. The fourth-order valence-corrected chi connectivity index (χ4v) is 3.73. The van der Waals surface area contributed by atoms with Crippen LogP contribution in [0.5, 0.6) is 11.6 Å². The van der Waals surface area contributed by atoms with Crippen LogP contribution in [-0.2, 0) is 19.4 Å². The van der Waals surface area contributed by atoms with Gasteiger partial charge in [0.1, 0.15) is 5.75 Å². The second kappa shape index (κ2) is 9.85. The standard InChI is InChI=1S/C22H25NO3S2/c1-3-25-18-10-6-16(7-11-18)5-4-14-23-21(24)20(26-22(23)27)15-17-8-12-19(28-2)13-9-17/h6-13,24H,3-5,14-15H2,1-2H3. The predicted octanol–water partition coefficient (Wildman–Crippen LogP) is 5.86. The monoisotopic (exact) mass is 415 g/mol. The first-order valence-electron chi connectivity index (χ1n) is 9.37. The quantitative estimate of drug-likeness (QED) is 0.350. The second-order valence-electron chi connectivity index (χ2n) is 6.47. The van der Waals surface area contributed by atoms with Crippen LogP contribution in [0.1, 0.15) is 30.2 Å². The van der Waals surface area contributed by atoms with Gasteiger partial charge in [-0.3, -0.25) is 4.57 Å². The van der Waals surface area contributed by atoms with Crippen molar-refractivity contribution in [3.8, 4) is 11.6 Å². The summed E-state index contributed by atoms with van der Waals surface area (Å²) in [6.45, 7) is 3.26. The summed E-state index contributed by atoms with van der Waals surface area (Å²) in [6.07, 6.45) is 4.32. The third-order valence-corrected chi connectivity index (χ3v) is 5.59. The molecule has 6 heteroatoms. The molecule has 0 aliphatic carbocycles. The van der Waals surface area contributed by atoms with E-state index < -0.39 is 0 Å². The van der Waals surface area contributed by atoms with Gasteiger partial charge in [0.2, 0.25) is 5.88 Å². The first-order chi connectivity index (χ1) is 13.6. The fraction of sp³-hybridized carbons (Fsp3) is 0.318. The van der Waals surface area contributed by atoms with Crippen molar-refractivity contribution in [2.75, 3.05) is 12.9 Å². The summed E-state index contributed by atoms with van der Waals surface area (Å²) in [6, 6.07) is 16.4. The average molecular weight is 416 g/mol. The van der Waals surface area contributed by atoms with Gasteiger partial charge in [-0.25, -0.2) is 0 Å². The van der Waals surface area contributed by atoms with Crippen LogP contribution in [0.4, 0.5) is 0 Å². The molecule has 0 aliphatic heterocycles. The van der Waals surface area contributed by atoms with E-state index in [1.54, 1.807) is 16.3 Å². The Morgan fingerprint density at radius 2 is 1.75 bits per heavy atom. The zero-order valence-electron chi connectivity index (χ0n) is 16.2. The molecule has 3 aromatic rings. The van der Waals surface area contributed by atoms with E-state index in [2.05, 4.69) is 24.3 Å². The Morgan fingerprint density at radius 1 is 1.07 bits per heavy atom. The van der Waals surface area contributed by atoms with Crippen LogP contribution in [0, 0.1) is 4.84 Å². The van der Waals surface area contributed by atoms with Crippen molar-refractivity contribution >= 4 is 24.0 Å². The summed E-state index contributed by atoms with van der Waals surface area (Å²) in [5.74, 6) is 1.53. The number of aromatic hydroxyl groups is 1. The van der Waals surface area contributed by atoms with Crippen LogP contribution in [0.3, 0.4) is 0 Å². The molecule has 0 atom stereocenters. The second-order valence-corrected chi connectivity index (χ2v) is 7.70. The highest BCUT2D eigenvalue weighted by Crippen LogP contribution is 2.25. The van der Waals surface area contributed by atoms with Gasteiger partial charge in [0.05, 0.1) is 6.61 Å². The van der Waals surface area contributed by atoms with Gasteiger partial charge in [-0.1, -0.05) is 24.3 Å². The molecule has 0 aliphatic rings. The van der Waals surface area contributed by atoms with Crippen LogP contribution in [0.2, 0.25) is 0 Å². The van der Waals surface area contributed by atoms with Gasteiger partial charge in [0, 0.05) is 17.9 Å². The molecule has 0 saturated carbocycles. The molecule has 1 aromatic heterocycles. The number of benzene rings is 2. The van der Waals surface area contributed by atoms with E-state index in [9.17, 15) is 5.11 Å². The third-order valence-electron chi connectivity index (χ3n) is 4.54. The molecule has 4 nitrogen and oxygen atoms in total. The Morgan fingerprint density at radius 3 is 2.39 bits per heavy atom. The van der Waals surface area contributed by atoms with Crippen molar-refractivity contribution in [3.63, 3.8) is 0 Å². The molecule has 28 heavy (non-hydrogen) atoms. The number of rotatable bonds is 9. The van der Waals surface area contributed by atoms with Crippen molar-refractivity contribution in [3.05, 3.63) is 70.3 Å². The molecule has 0 radical (unpaired) electrons. The molecule has 0 spiro atoms. The summed E-state index contributed by atoms with van der Waals surface area (Å²) in [4.78, 5) is 1.53. The minimum absolute atomic E-state index is 0.130. The highest BCUT2D eigenvalue weighted by atomic mass is 32.2. The lowest BCUT2D eigenvalue weighted by atomic mass is 10.1. The number of thioether (sulfide) groups is 1. The first kappa shape index (κ1) is 20.6. The van der Waals surface area contributed by atoms with Gasteiger partial charge in [-0.15, -0.1) is 11.8 Å². The van der Waals surface area contributed by atoms with E-state index >= 15 is 0 Å². The van der Waals surface area contributed by atoms with Gasteiger partial charge < -0.3 is 14.3 Å². The Bertz CT molecular complexity index is 943. The lowest BCUT2D eigenvalue weighted by Gasteiger charge is -2.06. The number of aromatic nitrogens is 1. The molecule has 148 valence electrons. The van der Waals surface area contributed by atoms with Crippen LogP contribution in [-0.4, -0.2) is 22.5 Å². The van der Waals surface area contributed by atoms with Crippen molar-refractivity contribution in [1.29, 1.82) is 0 Å². The molecule has 2 aromatic carbocycles. The van der Waals surface area contributed by atoms with Gasteiger partial charge in [0.15, 0.2) is 5.76 Å². The van der Waals surface area contributed by atoms with Crippen molar-refractivity contribution < 1.29 is 14.3 Å². The Balaban J connectivity index is 1.60. The molecule has 0 unspecified atom stereocenters. The molecule has 0 bridgehead atoms. The minimum Gasteiger partial charge on any atom is -0.494 e. The van der Waals surface area contributed by atoms with Crippen LogP contribution in [0.25, 0.3) is 0 Å². The summed E-state index contributed by atoms with van der Waals surface area (Å²) in [7, 11) is 0. The summed E-state index contributed by atoms with van der Waals surface area (Å²) in [5.41, 5.74) is 2.31. The lowest BCUT2D eigenvalue weighted by molar-refractivity contribution is 0.340. The molecule has 3 rings (SSSR count). The summed E-state index contributed by atoms with van der Waals surface area (Å²) < 4.78 is 12.8. The summed E-state index contributed by atoms with van der Waals surface area (Å²) in [5, 5.41) is 10.5. The van der Waals surface area contributed by atoms with Gasteiger partial charge in [-0.2, -0.15) is 0 Å². The zero-order valence-corrected chi connectivity index (χ0v) is 17.8. The average Bonchev–Trinajstić information content (AvgIpc) is 2.97. The van der Waals surface area contributed by atoms with E-state index in [4.69, 9.17) is 21.4 Å². The Hall–Kier alpha value is -2.18. The maximum atomic E-state index is 10.5. The highest BCUT2D eigenvalue weighted by molar-refractivity contribution is 7.98. The Labute approximate surface area is 175 Å². The SMILES string of the molecule is CCOc1ccc(CCCn2c(O)c(Cc3ccc(SC)cc3)oc2=S)cc1. The number of aryl methyl sites for hydroxylation is 1. The number of nitrogens with zero attached hydrogens (tertiary/aromatic N) is 1. The Kier molecular flexibility index (Phi) is 7.23. The predicted molar refractivity (Wildman–Crippen MR) is 116 cm³/mol. The number of oxazole rings is 1. The van der Waals surface area contributed by atoms with Crippen molar-refractivity contribution in [2.45, 2.75) is 37.6 Å². The lowest BCUT2D eigenvalue weighted by Crippen LogP contribution is -2.00. The molecular weight excluding hydrogens is 390 g/mol. The van der Waals surface area contributed by atoms with E-state index in [1.165, 1.54) is 10.5 Å². The van der Waals surface area contributed by atoms with Crippen molar-refractivity contribution in [1.82, 2.24) is 4.57 Å². The van der Waals surface area contributed by atoms with Crippen LogP contribution >= 0.6 is 24.0 Å². The largest absolute Gasteiger partial charge is 0.494 e. The van der Waals surface area contributed by atoms with E-state index in [0.717, 1.165) is 24.2 Å². The first-order valence-corrected chi connectivity index (χ1v) is 11.0. The topological polar surface area (TPSA) is 47.5 Å². The number of hydrogen-bond donors (Lipinski definition) is 1.